The quantitative estimate of drug-likeness (QED) is 0.303. The minimum Gasteiger partial charge on any atom is -0.283 e. The number of benzene rings is 4. The van der Waals surface area contributed by atoms with Gasteiger partial charge in [0, 0.05) is 16.4 Å². The molecule has 0 saturated carbocycles. The Morgan fingerprint density at radius 3 is 1.31 bits per heavy atom. The van der Waals surface area contributed by atoms with E-state index in [2.05, 4.69) is 127 Å². The van der Waals surface area contributed by atoms with Gasteiger partial charge in [0.2, 0.25) is 0 Å². The van der Waals surface area contributed by atoms with Gasteiger partial charge in [-0.3, -0.25) is 4.31 Å². The number of hydrogen-bond donors (Lipinski definition) is 0. The van der Waals surface area contributed by atoms with Crippen molar-refractivity contribution in [3.63, 3.8) is 0 Å². The maximum Gasteiger partial charge on any atom is 0.0604 e. The molecule has 29 heavy (non-hydrogen) atoms. The number of para-hydroxylation sites is 2. The van der Waals surface area contributed by atoms with Crippen molar-refractivity contribution < 1.29 is 0 Å². The lowest BCUT2D eigenvalue weighted by Gasteiger charge is -2.29. The highest BCUT2D eigenvalue weighted by atomic mass is 32.2. The maximum absolute atomic E-state index is 2.40. The molecule has 0 aliphatic carbocycles. The fourth-order valence-corrected chi connectivity index (χ4v) is 4.45. The van der Waals surface area contributed by atoms with Crippen molar-refractivity contribution in [2.75, 3.05) is 4.31 Å². The molecule has 0 saturated heterocycles. The first-order valence-corrected chi connectivity index (χ1v) is 10.8. The van der Waals surface area contributed by atoms with E-state index in [0.29, 0.717) is 5.25 Å². The van der Waals surface area contributed by atoms with Gasteiger partial charge in [0.1, 0.15) is 0 Å². The Morgan fingerprint density at radius 1 is 0.517 bits per heavy atom. The molecule has 0 bridgehead atoms. The maximum atomic E-state index is 2.40. The van der Waals surface area contributed by atoms with Crippen LogP contribution in [0.2, 0.25) is 0 Å². The van der Waals surface area contributed by atoms with E-state index in [-0.39, 0.29) is 0 Å². The second-order valence-electron chi connectivity index (χ2n) is 7.21. The third-order valence-electron chi connectivity index (χ3n) is 4.73. The van der Waals surface area contributed by atoms with Crippen molar-refractivity contribution in [1.82, 2.24) is 0 Å². The van der Waals surface area contributed by atoms with Crippen LogP contribution in [0.5, 0.6) is 0 Å². The molecule has 4 aromatic rings. The van der Waals surface area contributed by atoms with Gasteiger partial charge in [0.25, 0.3) is 0 Å². The molecule has 2 heteroatoms. The van der Waals surface area contributed by atoms with E-state index in [9.17, 15) is 0 Å². The minimum absolute atomic E-state index is 0.447. The van der Waals surface area contributed by atoms with E-state index in [1.165, 1.54) is 33.6 Å². The van der Waals surface area contributed by atoms with Gasteiger partial charge in [-0.15, -0.1) is 0 Å². The molecule has 0 heterocycles. The second kappa shape index (κ2) is 9.02. The van der Waals surface area contributed by atoms with Crippen molar-refractivity contribution in [3.05, 3.63) is 109 Å². The third-order valence-corrected chi connectivity index (χ3v) is 5.76. The molecule has 0 atom stereocenters. The van der Waals surface area contributed by atoms with Gasteiger partial charge in [-0.2, -0.15) is 0 Å². The zero-order chi connectivity index (χ0) is 20.1. The highest BCUT2D eigenvalue weighted by molar-refractivity contribution is 8.01. The highest BCUT2D eigenvalue weighted by Crippen LogP contribution is 2.44. The molecule has 0 fully saturated rings. The third kappa shape index (κ3) is 4.38. The largest absolute Gasteiger partial charge is 0.283 e. The van der Waals surface area contributed by atoms with Gasteiger partial charge >= 0.3 is 0 Å². The molecular weight excluding hydrogens is 370 g/mol. The van der Waals surface area contributed by atoms with Gasteiger partial charge in [-0.25, -0.2) is 0 Å². The van der Waals surface area contributed by atoms with Gasteiger partial charge in [-0.1, -0.05) is 111 Å². The average molecular weight is 396 g/mol. The Hall–Kier alpha value is -2.97. The van der Waals surface area contributed by atoms with Crippen LogP contribution in [0.15, 0.2) is 109 Å². The van der Waals surface area contributed by atoms with Crippen molar-refractivity contribution in [1.29, 1.82) is 0 Å². The van der Waals surface area contributed by atoms with E-state index in [1.807, 2.05) is 11.9 Å². The lowest BCUT2D eigenvalue weighted by molar-refractivity contribution is 1.11. The zero-order valence-electron chi connectivity index (χ0n) is 16.8. The number of hydrogen-bond acceptors (Lipinski definition) is 2. The number of nitrogens with zero attached hydrogens (tertiary/aromatic N) is 1. The SMILES string of the molecule is CC(C)SN(c1ccccc1-c1ccccc1)c1ccccc1-c1ccccc1. The summed E-state index contributed by atoms with van der Waals surface area (Å²) in [5.41, 5.74) is 7.36. The molecular formula is C27H25NS. The first kappa shape index (κ1) is 19.4. The van der Waals surface area contributed by atoms with E-state index in [0.717, 1.165) is 0 Å². The van der Waals surface area contributed by atoms with Crippen LogP contribution in [-0.4, -0.2) is 5.25 Å². The summed E-state index contributed by atoms with van der Waals surface area (Å²) < 4.78 is 2.40. The van der Waals surface area contributed by atoms with Crippen LogP contribution in [0.25, 0.3) is 22.3 Å². The standard InChI is InChI=1S/C27H25NS/c1-21(2)29-28(26-19-11-9-17-24(26)22-13-5-3-6-14-22)27-20-12-10-18-25(27)23-15-7-4-8-16-23/h3-21H,1-2H3. The molecule has 0 amide bonds. The molecule has 144 valence electrons. The molecule has 0 aliphatic rings. The Kier molecular flexibility index (Phi) is 6.02. The average Bonchev–Trinajstić information content (AvgIpc) is 2.79. The van der Waals surface area contributed by atoms with E-state index in [4.69, 9.17) is 0 Å². The fraction of sp³-hybridized carbons (Fsp3) is 0.111. The van der Waals surface area contributed by atoms with Gasteiger partial charge in [0.05, 0.1) is 11.4 Å². The topological polar surface area (TPSA) is 3.24 Å². The van der Waals surface area contributed by atoms with Crippen LogP contribution in [0.4, 0.5) is 11.4 Å². The van der Waals surface area contributed by atoms with Gasteiger partial charge < -0.3 is 0 Å². The molecule has 0 N–H and O–H groups in total. The van der Waals surface area contributed by atoms with Crippen molar-refractivity contribution in [2.24, 2.45) is 0 Å². The summed E-state index contributed by atoms with van der Waals surface area (Å²) >= 11 is 1.86. The number of rotatable bonds is 6. The highest BCUT2D eigenvalue weighted by Gasteiger charge is 2.19. The van der Waals surface area contributed by atoms with E-state index in [1.54, 1.807) is 0 Å². The monoisotopic (exact) mass is 395 g/mol. The predicted octanol–water partition coefficient (Wildman–Crippen LogP) is 8.22. The lowest BCUT2D eigenvalue weighted by Crippen LogP contribution is -2.13. The molecule has 4 rings (SSSR count). The molecule has 0 radical (unpaired) electrons. The minimum atomic E-state index is 0.447. The molecule has 4 aromatic carbocycles. The summed E-state index contributed by atoms with van der Waals surface area (Å²) in [5, 5.41) is 0.447. The van der Waals surface area contributed by atoms with Crippen molar-refractivity contribution in [3.8, 4) is 22.3 Å². The lowest BCUT2D eigenvalue weighted by atomic mass is 10.0. The summed E-state index contributed by atoms with van der Waals surface area (Å²) in [6.45, 7) is 4.49. The first-order chi connectivity index (χ1) is 14.2. The number of anilines is 2. The van der Waals surface area contributed by atoms with Crippen LogP contribution < -0.4 is 4.31 Å². The summed E-state index contributed by atoms with van der Waals surface area (Å²) in [6.07, 6.45) is 0. The van der Waals surface area contributed by atoms with E-state index >= 15 is 0 Å². The van der Waals surface area contributed by atoms with Crippen LogP contribution in [0.3, 0.4) is 0 Å². The summed E-state index contributed by atoms with van der Waals surface area (Å²) in [7, 11) is 0. The normalized spacial score (nSPS) is 10.9. The van der Waals surface area contributed by atoms with Crippen LogP contribution in [0.1, 0.15) is 13.8 Å². The molecule has 0 aromatic heterocycles. The van der Waals surface area contributed by atoms with E-state index < -0.39 is 0 Å². The van der Waals surface area contributed by atoms with Gasteiger partial charge in [-0.05, 0) is 35.2 Å². The van der Waals surface area contributed by atoms with Crippen molar-refractivity contribution in [2.45, 2.75) is 19.1 Å². The van der Waals surface area contributed by atoms with Crippen LogP contribution in [-0.2, 0) is 0 Å². The summed E-state index contributed by atoms with van der Waals surface area (Å²) in [6, 6.07) is 38.6. The molecule has 1 nitrogen and oxygen atoms in total. The van der Waals surface area contributed by atoms with Crippen LogP contribution in [0, 0.1) is 0 Å². The smallest absolute Gasteiger partial charge is 0.0604 e. The Morgan fingerprint density at radius 2 is 0.897 bits per heavy atom. The van der Waals surface area contributed by atoms with Crippen LogP contribution >= 0.6 is 11.9 Å². The predicted molar refractivity (Wildman–Crippen MR) is 129 cm³/mol. The van der Waals surface area contributed by atoms with Crippen molar-refractivity contribution >= 4 is 23.3 Å². The fourth-order valence-electron chi connectivity index (χ4n) is 3.48. The zero-order valence-corrected chi connectivity index (χ0v) is 17.6. The Balaban J connectivity index is 1.89. The second-order valence-corrected chi connectivity index (χ2v) is 8.73. The Labute approximate surface area is 178 Å². The molecule has 0 unspecified atom stereocenters. The molecule has 0 aliphatic heterocycles. The molecule has 0 spiro atoms. The summed E-state index contributed by atoms with van der Waals surface area (Å²) in [4.78, 5) is 0. The Bertz CT molecular complexity index is 975. The van der Waals surface area contributed by atoms with Gasteiger partial charge in [0.15, 0.2) is 0 Å². The summed E-state index contributed by atoms with van der Waals surface area (Å²) in [5.74, 6) is 0. The first-order valence-electron chi connectivity index (χ1n) is 10.00.